The average molecular weight is 846 g/mol. The zero-order valence-corrected chi connectivity index (χ0v) is 33.3. The number of aryl methyl sites for hydroxylation is 2. The number of hydrogen-bond acceptors (Lipinski definition) is 6. The van der Waals surface area contributed by atoms with Crippen LogP contribution in [0.4, 0.5) is 0 Å². The number of carbonyl (C=O) groups excluding carboxylic acids is 1. The standard InChI is InChI=1S/C27H25N2S2.C13H24O2.Ir/c1-16-6-7-19-13-21(22-12-17(2)30-26(22)25(19)29-16)23-14-18(10-11-28-23)24-9-8-20(31-24)15-27(3,4)5;1-5-10(6-2)12(14)9-13(15)11(7-3)8-4;/h6-12,14H,15H2,1-5H3;9-11,14H,5-8H2,1-4H3;/q-1;;/b;12-9-;. The summed E-state index contributed by atoms with van der Waals surface area (Å²) in [6.45, 7) is 19.1. The first-order valence-corrected chi connectivity index (χ1v) is 18.2. The van der Waals surface area contributed by atoms with Crippen LogP contribution in [0.3, 0.4) is 0 Å². The van der Waals surface area contributed by atoms with Crippen molar-refractivity contribution in [1.82, 2.24) is 9.97 Å². The van der Waals surface area contributed by atoms with Gasteiger partial charge in [0.2, 0.25) is 0 Å². The molecule has 4 aromatic heterocycles. The molecule has 4 heterocycles. The first-order chi connectivity index (χ1) is 21.9. The van der Waals surface area contributed by atoms with Gasteiger partial charge in [0, 0.05) is 70.9 Å². The van der Waals surface area contributed by atoms with Gasteiger partial charge in [-0.2, -0.15) is 11.3 Å². The number of aliphatic hydroxyl groups excluding tert-OH is 1. The molecule has 0 fully saturated rings. The number of hydrogen-bond donors (Lipinski definition) is 1. The first-order valence-electron chi connectivity index (χ1n) is 16.6. The smallest absolute Gasteiger partial charge is 0.162 e. The fourth-order valence-corrected chi connectivity index (χ4v) is 8.09. The number of allylic oxidation sites excluding steroid dienone is 2. The van der Waals surface area contributed by atoms with Gasteiger partial charge in [-0.3, -0.25) is 14.8 Å². The molecular formula is C40H49IrN2O2S2-. The molecule has 0 aliphatic heterocycles. The minimum Gasteiger partial charge on any atom is -0.512 e. The molecule has 0 aliphatic carbocycles. The Kier molecular flexibility index (Phi) is 14.1. The number of nitrogens with zero attached hydrogens (tertiary/aromatic N) is 2. The number of benzene rings is 1. The molecule has 5 aromatic rings. The molecular weight excluding hydrogens is 797 g/mol. The second-order valence-corrected chi connectivity index (χ2v) is 15.8. The molecule has 1 aromatic carbocycles. The van der Waals surface area contributed by atoms with E-state index in [9.17, 15) is 9.90 Å². The summed E-state index contributed by atoms with van der Waals surface area (Å²) in [5.74, 6) is 0.547. The minimum atomic E-state index is 0. The molecule has 0 amide bonds. The van der Waals surface area contributed by atoms with Crippen molar-refractivity contribution in [2.45, 2.75) is 94.4 Å². The van der Waals surface area contributed by atoms with Gasteiger partial charge in [0.15, 0.2) is 5.78 Å². The normalized spacial score (nSPS) is 12.0. The van der Waals surface area contributed by atoms with E-state index in [1.807, 2.05) is 52.2 Å². The molecule has 0 spiro atoms. The van der Waals surface area contributed by atoms with Gasteiger partial charge in [0.1, 0.15) is 0 Å². The summed E-state index contributed by atoms with van der Waals surface area (Å²) in [7, 11) is 0. The number of pyridine rings is 2. The van der Waals surface area contributed by atoms with E-state index in [0.29, 0.717) is 5.41 Å². The van der Waals surface area contributed by atoms with Crippen LogP contribution in [0.25, 0.3) is 42.7 Å². The van der Waals surface area contributed by atoms with Gasteiger partial charge in [-0.05, 0) is 84.7 Å². The number of rotatable bonds is 10. The predicted octanol–water partition coefficient (Wildman–Crippen LogP) is 12.1. The monoisotopic (exact) mass is 846 g/mol. The molecule has 0 bridgehead atoms. The predicted molar refractivity (Wildman–Crippen MR) is 199 cm³/mol. The second kappa shape index (κ2) is 17.1. The van der Waals surface area contributed by atoms with Crippen LogP contribution in [0, 0.1) is 37.2 Å². The third-order valence-corrected chi connectivity index (χ3v) is 10.6. The van der Waals surface area contributed by atoms with E-state index < -0.39 is 0 Å². The van der Waals surface area contributed by atoms with Gasteiger partial charge < -0.3 is 5.11 Å². The summed E-state index contributed by atoms with van der Waals surface area (Å²) in [6.07, 6.45) is 7.92. The maximum absolute atomic E-state index is 11.7. The number of aliphatic hydroxyl groups is 1. The summed E-state index contributed by atoms with van der Waals surface area (Å²) < 4.78 is 1.22. The van der Waals surface area contributed by atoms with Gasteiger partial charge in [-0.1, -0.05) is 83.0 Å². The Morgan fingerprint density at radius 3 is 2.26 bits per heavy atom. The van der Waals surface area contributed by atoms with Crippen molar-refractivity contribution in [2.24, 2.45) is 17.3 Å². The van der Waals surface area contributed by atoms with Crippen molar-refractivity contribution < 1.29 is 30.0 Å². The summed E-state index contributed by atoms with van der Waals surface area (Å²) in [5, 5.41) is 12.0. The fourth-order valence-electron chi connectivity index (χ4n) is 5.76. The summed E-state index contributed by atoms with van der Waals surface area (Å²) in [5.41, 5.74) is 5.61. The van der Waals surface area contributed by atoms with Crippen molar-refractivity contribution in [2.75, 3.05) is 0 Å². The van der Waals surface area contributed by atoms with Gasteiger partial charge in [0.25, 0.3) is 0 Å². The molecule has 0 saturated carbocycles. The molecule has 5 rings (SSSR count). The Hall–Kier alpha value is -2.70. The van der Waals surface area contributed by atoms with Gasteiger partial charge >= 0.3 is 0 Å². The first kappa shape index (κ1) is 38.7. The third-order valence-electron chi connectivity index (χ3n) is 8.38. The molecule has 7 heteroatoms. The van der Waals surface area contributed by atoms with E-state index >= 15 is 0 Å². The van der Waals surface area contributed by atoms with E-state index in [1.54, 1.807) is 11.3 Å². The van der Waals surface area contributed by atoms with Crippen molar-refractivity contribution in [3.8, 4) is 21.7 Å². The Morgan fingerprint density at radius 2 is 1.62 bits per heavy atom. The van der Waals surface area contributed by atoms with Crippen LogP contribution in [0.5, 0.6) is 0 Å². The number of ketones is 1. The van der Waals surface area contributed by atoms with E-state index in [1.165, 1.54) is 36.4 Å². The van der Waals surface area contributed by atoms with Crippen LogP contribution in [0.15, 0.2) is 60.5 Å². The molecule has 0 saturated heterocycles. The van der Waals surface area contributed by atoms with Crippen molar-refractivity contribution in [3.63, 3.8) is 0 Å². The summed E-state index contributed by atoms with van der Waals surface area (Å²) >= 11 is 3.68. The zero-order chi connectivity index (χ0) is 33.6. The Bertz CT molecular complexity index is 1820. The Labute approximate surface area is 303 Å². The van der Waals surface area contributed by atoms with Crippen molar-refractivity contribution in [3.05, 3.63) is 82.0 Å². The second-order valence-electron chi connectivity index (χ2n) is 13.4. The topological polar surface area (TPSA) is 63.1 Å². The number of thiophene rings is 2. The van der Waals surface area contributed by atoms with Crippen LogP contribution in [-0.2, 0) is 31.3 Å². The quantitative estimate of drug-likeness (QED) is 0.0864. The van der Waals surface area contributed by atoms with Gasteiger partial charge in [-0.25, -0.2) is 0 Å². The van der Waals surface area contributed by atoms with Crippen LogP contribution in [0.2, 0.25) is 0 Å². The molecule has 0 aliphatic rings. The molecule has 47 heavy (non-hydrogen) atoms. The molecule has 1 N–H and O–H groups in total. The number of carbonyl (C=O) groups is 1. The molecule has 4 nitrogen and oxygen atoms in total. The van der Waals surface area contributed by atoms with Crippen molar-refractivity contribution in [1.29, 1.82) is 0 Å². The fraction of sp³-hybridized carbons (Fsp3) is 0.425. The SMILES string of the molecule is CCC(CC)C(=O)/C=C(\O)C(CC)CC.Cc1ccc2[c-]c(-c3cc(-c4ccc(CC(C)(C)C)s4)ccn3)c3cc(C)sc3c2n1.[Ir]. The molecule has 0 unspecified atom stereocenters. The van der Waals surface area contributed by atoms with Crippen molar-refractivity contribution >= 4 is 49.4 Å². The third kappa shape index (κ3) is 9.92. The maximum Gasteiger partial charge on any atom is 0.162 e. The van der Waals surface area contributed by atoms with Crippen LogP contribution in [0.1, 0.15) is 89.6 Å². The number of fused-ring (bicyclic) bond motifs is 3. The zero-order valence-electron chi connectivity index (χ0n) is 29.3. The maximum atomic E-state index is 11.7. The average Bonchev–Trinajstić information content (AvgIpc) is 3.64. The van der Waals surface area contributed by atoms with E-state index in [-0.39, 0.29) is 43.5 Å². The van der Waals surface area contributed by atoms with E-state index in [4.69, 9.17) is 9.97 Å². The van der Waals surface area contributed by atoms with Crippen LogP contribution in [-0.4, -0.2) is 20.9 Å². The van der Waals surface area contributed by atoms with E-state index in [0.717, 1.165) is 60.0 Å². The van der Waals surface area contributed by atoms with E-state index in [2.05, 4.69) is 76.2 Å². The van der Waals surface area contributed by atoms with Crippen LogP contribution < -0.4 is 0 Å². The number of aromatic nitrogens is 2. The van der Waals surface area contributed by atoms with Crippen LogP contribution >= 0.6 is 22.7 Å². The Balaban J connectivity index is 0.000000322. The summed E-state index contributed by atoms with van der Waals surface area (Å²) in [4.78, 5) is 25.3. The Morgan fingerprint density at radius 1 is 0.936 bits per heavy atom. The summed E-state index contributed by atoms with van der Waals surface area (Å²) in [6, 6.07) is 18.9. The van der Waals surface area contributed by atoms with Gasteiger partial charge in [-0.15, -0.1) is 23.5 Å². The largest absolute Gasteiger partial charge is 0.512 e. The molecule has 0 atom stereocenters. The van der Waals surface area contributed by atoms with Gasteiger partial charge in [0.05, 0.1) is 5.76 Å². The molecule has 1 radical (unpaired) electrons. The molecule has 253 valence electrons. The minimum absolute atomic E-state index is 0.